The van der Waals surface area contributed by atoms with Gasteiger partial charge in [0, 0.05) is 36.6 Å². The van der Waals surface area contributed by atoms with E-state index in [2.05, 4.69) is 10.2 Å². The van der Waals surface area contributed by atoms with Crippen LogP contribution in [0.4, 0.5) is 10.5 Å². The van der Waals surface area contributed by atoms with E-state index in [1.807, 2.05) is 24.3 Å². The van der Waals surface area contributed by atoms with Crippen molar-refractivity contribution in [1.29, 1.82) is 0 Å². The molecular weight excluding hydrogens is 403 g/mol. The minimum atomic E-state index is -0.615. The van der Waals surface area contributed by atoms with Gasteiger partial charge in [-0.3, -0.25) is 4.79 Å². The molecule has 0 aliphatic rings. The Hall–Kier alpha value is -1.66. The summed E-state index contributed by atoms with van der Waals surface area (Å²) in [6, 6.07) is 7.46. The zero-order valence-corrected chi connectivity index (χ0v) is 18.5. The maximum absolute atomic E-state index is 12.1. The molecule has 0 aliphatic carbocycles. The summed E-state index contributed by atoms with van der Waals surface area (Å²) in [6.45, 7) is 6.77. The molecule has 1 N–H and O–H groups in total. The first-order valence-corrected chi connectivity index (χ1v) is 10.3. The molecule has 1 rings (SSSR count). The van der Waals surface area contributed by atoms with Crippen LogP contribution in [0.15, 0.2) is 24.3 Å². The summed E-state index contributed by atoms with van der Waals surface area (Å²) in [5.41, 5.74) is 1.38. The van der Waals surface area contributed by atoms with Crippen molar-refractivity contribution >= 4 is 41.0 Å². The SMILES string of the molecule is COC(=O)C[C@H](Cc1ccc(N(CCCl)CCCl)cc1)NC(=O)OC(C)(C)C. The van der Waals surface area contributed by atoms with Crippen molar-refractivity contribution < 1.29 is 19.1 Å². The second-order valence-corrected chi connectivity index (χ2v) is 8.11. The van der Waals surface area contributed by atoms with E-state index >= 15 is 0 Å². The van der Waals surface area contributed by atoms with Crippen molar-refractivity contribution in [2.75, 3.05) is 36.9 Å². The average Bonchev–Trinajstić information content (AvgIpc) is 2.60. The van der Waals surface area contributed by atoms with Crippen LogP contribution in [0.25, 0.3) is 0 Å². The predicted molar refractivity (Wildman–Crippen MR) is 114 cm³/mol. The topological polar surface area (TPSA) is 67.9 Å². The van der Waals surface area contributed by atoms with Crippen molar-refractivity contribution in [2.24, 2.45) is 0 Å². The molecule has 1 atom stereocenters. The fraction of sp³-hybridized carbons (Fsp3) is 0.600. The first-order valence-electron chi connectivity index (χ1n) is 9.20. The number of alkyl carbamates (subject to hydrolysis) is 1. The molecule has 0 bridgehead atoms. The molecular formula is C20H30Cl2N2O4. The van der Waals surface area contributed by atoms with Gasteiger partial charge in [-0.1, -0.05) is 12.1 Å². The van der Waals surface area contributed by atoms with Crippen LogP contribution in [0.5, 0.6) is 0 Å². The number of carbonyl (C=O) groups excluding carboxylic acids is 2. The van der Waals surface area contributed by atoms with E-state index in [9.17, 15) is 9.59 Å². The van der Waals surface area contributed by atoms with Crippen molar-refractivity contribution in [3.05, 3.63) is 29.8 Å². The summed E-state index contributed by atoms with van der Waals surface area (Å²) in [5, 5.41) is 2.76. The number of esters is 1. The lowest BCUT2D eigenvalue weighted by Gasteiger charge is -2.24. The Morgan fingerprint density at radius 3 is 2.14 bits per heavy atom. The number of nitrogens with one attached hydrogen (secondary N) is 1. The highest BCUT2D eigenvalue weighted by Gasteiger charge is 2.22. The molecule has 1 aromatic carbocycles. The number of carbonyl (C=O) groups is 2. The molecule has 8 heteroatoms. The standard InChI is InChI=1S/C20H30Cl2N2O4/c1-20(2,3)28-19(26)23-16(14-18(25)27-4)13-15-5-7-17(8-6-15)24(11-9-21)12-10-22/h5-8,16H,9-14H2,1-4H3,(H,23,26)/t16-/m0/s1. The van der Waals surface area contributed by atoms with Gasteiger partial charge in [0.2, 0.25) is 0 Å². The van der Waals surface area contributed by atoms with Gasteiger partial charge in [-0.05, 0) is 44.9 Å². The molecule has 0 fully saturated rings. The summed E-state index contributed by atoms with van der Waals surface area (Å²) in [4.78, 5) is 25.9. The quantitative estimate of drug-likeness (QED) is 0.447. The third-order valence-corrected chi connectivity index (χ3v) is 4.19. The van der Waals surface area contributed by atoms with Crippen molar-refractivity contribution in [3.8, 4) is 0 Å². The third kappa shape index (κ3) is 9.51. The second-order valence-electron chi connectivity index (χ2n) is 7.36. The van der Waals surface area contributed by atoms with Crippen molar-refractivity contribution in [1.82, 2.24) is 5.32 Å². The van der Waals surface area contributed by atoms with Gasteiger partial charge in [0.15, 0.2) is 0 Å². The molecule has 28 heavy (non-hydrogen) atoms. The zero-order valence-electron chi connectivity index (χ0n) is 17.0. The number of alkyl halides is 2. The number of hydrogen-bond acceptors (Lipinski definition) is 5. The molecule has 158 valence electrons. The molecule has 0 saturated heterocycles. The Morgan fingerprint density at radius 2 is 1.68 bits per heavy atom. The number of ether oxygens (including phenoxy) is 2. The van der Waals surface area contributed by atoms with E-state index in [0.29, 0.717) is 31.3 Å². The monoisotopic (exact) mass is 432 g/mol. The lowest BCUT2D eigenvalue weighted by atomic mass is 10.0. The Labute approximate surface area is 177 Å². The van der Waals surface area contributed by atoms with E-state index in [1.54, 1.807) is 20.8 Å². The fourth-order valence-electron chi connectivity index (χ4n) is 2.63. The van der Waals surface area contributed by atoms with Gasteiger partial charge in [-0.15, -0.1) is 23.2 Å². The summed E-state index contributed by atoms with van der Waals surface area (Å²) in [6.07, 6.45) is -0.0321. The normalized spacial score (nSPS) is 12.2. The highest BCUT2D eigenvalue weighted by atomic mass is 35.5. The lowest BCUT2D eigenvalue weighted by molar-refractivity contribution is -0.141. The van der Waals surface area contributed by atoms with Crippen LogP contribution in [-0.2, 0) is 20.7 Å². The van der Waals surface area contributed by atoms with Crippen LogP contribution in [0.2, 0.25) is 0 Å². The van der Waals surface area contributed by atoms with Crippen LogP contribution in [0, 0.1) is 0 Å². The van der Waals surface area contributed by atoms with Gasteiger partial charge in [-0.25, -0.2) is 4.79 Å². The molecule has 0 saturated carbocycles. The second kappa shape index (κ2) is 12.0. The maximum Gasteiger partial charge on any atom is 0.407 e. The number of hydrogen-bond donors (Lipinski definition) is 1. The van der Waals surface area contributed by atoms with Crippen molar-refractivity contribution in [2.45, 2.75) is 45.3 Å². The van der Waals surface area contributed by atoms with Crippen LogP contribution < -0.4 is 10.2 Å². The van der Waals surface area contributed by atoms with E-state index in [4.69, 9.17) is 32.7 Å². The Balaban J connectivity index is 2.83. The van der Waals surface area contributed by atoms with E-state index in [1.165, 1.54) is 7.11 Å². The summed E-state index contributed by atoms with van der Waals surface area (Å²) in [5.74, 6) is 0.632. The number of halogens is 2. The molecule has 6 nitrogen and oxygen atoms in total. The largest absolute Gasteiger partial charge is 0.469 e. The Morgan fingerprint density at radius 1 is 1.11 bits per heavy atom. The Kier molecular flexibility index (Phi) is 10.5. The van der Waals surface area contributed by atoms with Crippen LogP contribution >= 0.6 is 23.2 Å². The van der Waals surface area contributed by atoms with Crippen LogP contribution in [-0.4, -0.2) is 55.7 Å². The Bertz CT molecular complexity index is 612. The summed E-state index contributed by atoms with van der Waals surface area (Å²) in [7, 11) is 1.32. The molecule has 1 aromatic rings. The first kappa shape index (κ1) is 24.4. The maximum atomic E-state index is 12.1. The number of anilines is 1. The number of benzene rings is 1. The smallest absolute Gasteiger partial charge is 0.407 e. The third-order valence-electron chi connectivity index (χ3n) is 3.85. The molecule has 0 spiro atoms. The zero-order chi connectivity index (χ0) is 21.2. The highest BCUT2D eigenvalue weighted by molar-refractivity contribution is 6.18. The van der Waals surface area contributed by atoms with Gasteiger partial charge in [0.05, 0.1) is 13.5 Å². The van der Waals surface area contributed by atoms with Crippen LogP contribution in [0.1, 0.15) is 32.8 Å². The van der Waals surface area contributed by atoms with Crippen molar-refractivity contribution in [3.63, 3.8) is 0 Å². The van der Waals surface area contributed by atoms with Gasteiger partial charge in [0.25, 0.3) is 0 Å². The van der Waals surface area contributed by atoms with Gasteiger partial charge in [-0.2, -0.15) is 0 Å². The number of rotatable bonds is 10. The molecule has 0 unspecified atom stereocenters. The number of methoxy groups -OCH3 is 1. The van der Waals surface area contributed by atoms with E-state index in [0.717, 1.165) is 11.3 Å². The average molecular weight is 433 g/mol. The van der Waals surface area contributed by atoms with Gasteiger partial charge in [0.1, 0.15) is 5.60 Å². The fourth-order valence-corrected chi connectivity index (χ4v) is 3.04. The molecule has 1 amide bonds. The lowest BCUT2D eigenvalue weighted by Crippen LogP contribution is -2.41. The first-order chi connectivity index (χ1) is 13.2. The van der Waals surface area contributed by atoms with Gasteiger partial charge < -0.3 is 19.7 Å². The minimum absolute atomic E-state index is 0.0577. The molecule has 0 radical (unpaired) electrons. The minimum Gasteiger partial charge on any atom is -0.469 e. The predicted octanol–water partition coefficient (Wildman–Crippen LogP) is 3.97. The summed E-state index contributed by atoms with van der Waals surface area (Å²) >= 11 is 11.7. The van der Waals surface area contributed by atoms with E-state index in [-0.39, 0.29) is 6.42 Å². The van der Waals surface area contributed by atoms with Crippen LogP contribution in [0.3, 0.4) is 0 Å². The summed E-state index contributed by atoms with van der Waals surface area (Å²) < 4.78 is 10.0. The molecule has 0 aromatic heterocycles. The van der Waals surface area contributed by atoms with Gasteiger partial charge >= 0.3 is 12.1 Å². The molecule has 0 heterocycles. The number of nitrogens with zero attached hydrogens (tertiary/aromatic N) is 1. The highest BCUT2D eigenvalue weighted by Crippen LogP contribution is 2.17. The number of amides is 1. The molecule has 0 aliphatic heterocycles. The van der Waals surface area contributed by atoms with E-state index < -0.39 is 23.7 Å².